The van der Waals surface area contributed by atoms with Crippen LogP contribution in [0.4, 0.5) is 0 Å². The third-order valence-corrected chi connectivity index (χ3v) is 2.91. The van der Waals surface area contributed by atoms with Gasteiger partial charge in [-0.05, 0) is 17.7 Å². The Bertz CT molecular complexity index is 568. The summed E-state index contributed by atoms with van der Waals surface area (Å²) in [6, 6.07) is 5.06. The van der Waals surface area contributed by atoms with Crippen LogP contribution in [0.1, 0.15) is 5.56 Å². The van der Waals surface area contributed by atoms with Crippen LogP contribution in [-0.4, -0.2) is 31.2 Å². The first-order valence-electron chi connectivity index (χ1n) is 5.63. The van der Waals surface area contributed by atoms with Gasteiger partial charge >= 0.3 is 5.97 Å². The van der Waals surface area contributed by atoms with E-state index in [9.17, 15) is 4.79 Å². The fraction of sp³-hybridized carbons (Fsp3) is 0.308. The minimum absolute atomic E-state index is 0. The Morgan fingerprint density at radius 3 is 2.79 bits per heavy atom. The van der Waals surface area contributed by atoms with E-state index in [-0.39, 0.29) is 12.4 Å². The van der Waals surface area contributed by atoms with E-state index in [0.717, 1.165) is 22.2 Å². The first-order valence-corrected chi connectivity index (χ1v) is 5.63. The molecule has 19 heavy (non-hydrogen) atoms. The number of H-pyrrole nitrogens is 1. The van der Waals surface area contributed by atoms with Crippen LogP contribution in [0.25, 0.3) is 10.9 Å². The van der Waals surface area contributed by atoms with Gasteiger partial charge in [-0.3, -0.25) is 4.79 Å². The van der Waals surface area contributed by atoms with Crippen LogP contribution in [0.2, 0.25) is 0 Å². The summed E-state index contributed by atoms with van der Waals surface area (Å²) in [5.74, 6) is 0.347. The van der Waals surface area contributed by atoms with Gasteiger partial charge in [-0.2, -0.15) is 0 Å². The first-order chi connectivity index (χ1) is 8.67. The van der Waals surface area contributed by atoms with Crippen LogP contribution < -0.4 is 10.5 Å². The van der Waals surface area contributed by atoms with Gasteiger partial charge in [0.25, 0.3) is 0 Å². The van der Waals surface area contributed by atoms with Crippen molar-refractivity contribution in [3.05, 3.63) is 30.0 Å². The number of halogens is 1. The number of nitrogens with two attached hydrogens (primary N) is 1. The van der Waals surface area contributed by atoms with Gasteiger partial charge in [0.1, 0.15) is 11.8 Å². The minimum Gasteiger partial charge on any atom is -0.496 e. The van der Waals surface area contributed by atoms with Crippen molar-refractivity contribution < 1.29 is 14.3 Å². The second-order valence-electron chi connectivity index (χ2n) is 4.03. The van der Waals surface area contributed by atoms with Gasteiger partial charge in [-0.15, -0.1) is 12.4 Å². The number of ether oxygens (including phenoxy) is 2. The molecule has 3 N–H and O–H groups in total. The molecule has 0 aliphatic carbocycles. The number of fused-ring (bicyclic) bond motifs is 1. The smallest absolute Gasteiger partial charge is 0.322 e. The molecule has 1 heterocycles. The maximum Gasteiger partial charge on any atom is 0.322 e. The molecule has 0 aliphatic heterocycles. The molecule has 0 fully saturated rings. The van der Waals surface area contributed by atoms with Crippen molar-refractivity contribution in [1.82, 2.24) is 4.98 Å². The van der Waals surface area contributed by atoms with Crippen molar-refractivity contribution in [1.29, 1.82) is 0 Å². The van der Waals surface area contributed by atoms with Crippen molar-refractivity contribution in [3.8, 4) is 5.75 Å². The Balaban J connectivity index is 0.00000180. The average Bonchev–Trinajstić information content (AvgIpc) is 2.81. The maximum absolute atomic E-state index is 11.3. The van der Waals surface area contributed by atoms with Gasteiger partial charge in [-0.25, -0.2) is 0 Å². The van der Waals surface area contributed by atoms with Crippen LogP contribution in [0.3, 0.4) is 0 Å². The normalized spacial score (nSPS) is 11.7. The van der Waals surface area contributed by atoms with E-state index in [1.54, 1.807) is 7.11 Å². The van der Waals surface area contributed by atoms with E-state index in [4.69, 9.17) is 10.5 Å². The molecule has 0 radical (unpaired) electrons. The molecule has 104 valence electrons. The van der Waals surface area contributed by atoms with E-state index in [1.165, 1.54) is 7.11 Å². The summed E-state index contributed by atoms with van der Waals surface area (Å²) in [6.45, 7) is 0. The fourth-order valence-electron chi connectivity index (χ4n) is 2.02. The molecular formula is C13H17ClN2O3. The number of carbonyl (C=O) groups excluding carboxylic acids is 1. The summed E-state index contributed by atoms with van der Waals surface area (Å²) >= 11 is 0. The zero-order chi connectivity index (χ0) is 13.1. The summed E-state index contributed by atoms with van der Waals surface area (Å²) in [5, 5.41) is 0.958. The second-order valence-corrected chi connectivity index (χ2v) is 4.03. The number of methoxy groups -OCH3 is 2. The number of aromatic nitrogens is 1. The van der Waals surface area contributed by atoms with Crippen molar-refractivity contribution in [3.63, 3.8) is 0 Å². The van der Waals surface area contributed by atoms with E-state index in [2.05, 4.69) is 9.72 Å². The van der Waals surface area contributed by atoms with Gasteiger partial charge in [0.2, 0.25) is 0 Å². The Morgan fingerprint density at radius 1 is 1.42 bits per heavy atom. The Morgan fingerprint density at radius 2 is 2.16 bits per heavy atom. The highest BCUT2D eigenvalue weighted by Gasteiger charge is 2.17. The number of esters is 1. The molecule has 0 saturated heterocycles. The third kappa shape index (κ3) is 3.00. The quantitative estimate of drug-likeness (QED) is 0.837. The molecule has 0 saturated carbocycles. The summed E-state index contributed by atoms with van der Waals surface area (Å²) in [5.41, 5.74) is 7.68. The molecule has 1 aromatic heterocycles. The molecule has 0 spiro atoms. The number of rotatable bonds is 4. The van der Waals surface area contributed by atoms with E-state index in [0.29, 0.717) is 6.42 Å². The summed E-state index contributed by atoms with van der Waals surface area (Å²) in [7, 11) is 2.95. The van der Waals surface area contributed by atoms with Gasteiger partial charge < -0.3 is 20.2 Å². The lowest BCUT2D eigenvalue weighted by molar-refractivity contribution is -0.142. The van der Waals surface area contributed by atoms with Gasteiger partial charge in [-0.1, -0.05) is 6.07 Å². The standard InChI is InChI=1S/C13H16N2O3.ClH/c1-17-11-5-3-4-10-12(11)8(7-15-10)6-9(14)13(16)18-2;/h3-5,7,9,15H,6,14H2,1-2H3;1H. The number of aromatic amines is 1. The number of nitrogens with one attached hydrogen (secondary N) is 1. The predicted octanol–water partition coefficient (Wildman–Crippen LogP) is 1.64. The zero-order valence-electron chi connectivity index (χ0n) is 10.8. The van der Waals surface area contributed by atoms with Crippen molar-refractivity contribution in [2.24, 2.45) is 5.73 Å². The predicted molar refractivity (Wildman–Crippen MR) is 75.8 cm³/mol. The zero-order valence-corrected chi connectivity index (χ0v) is 11.6. The topological polar surface area (TPSA) is 77.3 Å². The van der Waals surface area contributed by atoms with Crippen LogP contribution in [0.5, 0.6) is 5.75 Å². The number of carbonyl (C=O) groups is 1. The molecule has 0 amide bonds. The lowest BCUT2D eigenvalue weighted by Crippen LogP contribution is -2.33. The van der Waals surface area contributed by atoms with Crippen LogP contribution >= 0.6 is 12.4 Å². The Labute approximate surface area is 117 Å². The number of hydrogen-bond acceptors (Lipinski definition) is 4. The second kappa shape index (κ2) is 6.45. The highest BCUT2D eigenvalue weighted by atomic mass is 35.5. The lowest BCUT2D eigenvalue weighted by Gasteiger charge is -2.09. The molecule has 1 unspecified atom stereocenters. The van der Waals surface area contributed by atoms with Crippen molar-refractivity contribution in [2.45, 2.75) is 12.5 Å². The Hall–Kier alpha value is -1.72. The van der Waals surface area contributed by atoms with E-state index >= 15 is 0 Å². The molecule has 5 nitrogen and oxygen atoms in total. The first kappa shape index (κ1) is 15.3. The molecule has 1 atom stereocenters. The highest BCUT2D eigenvalue weighted by Crippen LogP contribution is 2.29. The van der Waals surface area contributed by atoms with E-state index in [1.807, 2.05) is 24.4 Å². The number of hydrogen-bond donors (Lipinski definition) is 2. The van der Waals surface area contributed by atoms with Crippen LogP contribution in [-0.2, 0) is 16.0 Å². The highest BCUT2D eigenvalue weighted by molar-refractivity contribution is 5.90. The van der Waals surface area contributed by atoms with Gasteiger partial charge in [0, 0.05) is 23.5 Å². The van der Waals surface area contributed by atoms with Crippen molar-refractivity contribution >= 4 is 29.3 Å². The van der Waals surface area contributed by atoms with Crippen molar-refractivity contribution in [2.75, 3.05) is 14.2 Å². The summed E-state index contributed by atoms with van der Waals surface area (Å²) in [4.78, 5) is 14.5. The Kier molecular flexibility index (Phi) is 5.20. The van der Waals surface area contributed by atoms with Crippen LogP contribution in [0.15, 0.2) is 24.4 Å². The monoisotopic (exact) mass is 284 g/mol. The maximum atomic E-state index is 11.3. The molecule has 1 aromatic carbocycles. The molecule has 2 rings (SSSR count). The minimum atomic E-state index is -0.668. The summed E-state index contributed by atoms with van der Waals surface area (Å²) < 4.78 is 9.94. The molecule has 0 aliphatic rings. The molecule has 0 bridgehead atoms. The lowest BCUT2D eigenvalue weighted by atomic mass is 10.0. The number of benzene rings is 1. The van der Waals surface area contributed by atoms with Crippen LogP contribution in [0, 0.1) is 0 Å². The van der Waals surface area contributed by atoms with Gasteiger partial charge in [0.15, 0.2) is 0 Å². The molecule has 6 heteroatoms. The average molecular weight is 285 g/mol. The van der Waals surface area contributed by atoms with E-state index < -0.39 is 12.0 Å². The van der Waals surface area contributed by atoms with Gasteiger partial charge in [0.05, 0.1) is 14.2 Å². The largest absolute Gasteiger partial charge is 0.496 e. The molecular weight excluding hydrogens is 268 g/mol. The third-order valence-electron chi connectivity index (χ3n) is 2.91. The summed E-state index contributed by atoms with van der Waals surface area (Å²) in [6.07, 6.45) is 2.25. The SMILES string of the molecule is COC(=O)C(N)Cc1c[nH]c2cccc(OC)c12.Cl. The fourth-order valence-corrected chi connectivity index (χ4v) is 2.02. The molecule has 2 aromatic rings.